The Bertz CT molecular complexity index is 646. The number of sulfonamides is 1. The maximum absolute atomic E-state index is 12.1. The van der Waals surface area contributed by atoms with Crippen molar-refractivity contribution in [1.82, 2.24) is 14.4 Å². The van der Waals surface area contributed by atoms with Gasteiger partial charge in [-0.15, -0.1) is 0 Å². The molecule has 0 saturated heterocycles. The second-order valence-electron chi connectivity index (χ2n) is 4.33. The molecule has 0 fully saturated rings. The molecule has 0 bridgehead atoms. The number of aliphatic hydroxyl groups is 1. The zero-order chi connectivity index (χ0) is 14.6. The van der Waals surface area contributed by atoms with Gasteiger partial charge in [-0.05, 0) is 12.5 Å². The van der Waals surface area contributed by atoms with Gasteiger partial charge in [0.05, 0.1) is 23.7 Å². The average Bonchev–Trinajstić information content (AvgIpc) is 3.06. The van der Waals surface area contributed by atoms with E-state index in [0.717, 1.165) is 6.42 Å². The van der Waals surface area contributed by atoms with Crippen LogP contribution in [0.3, 0.4) is 0 Å². The van der Waals surface area contributed by atoms with Crippen LogP contribution < -0.4 is 4.72 Å². The monoisotopic (exact) mass is 299 g/mol. The second kappa shape index (κ2) is 6.21. The number of aryl methyl sites for hydroxylation is 1. The van der Waals surface area contributed by atoms with E-state index < -0.39 is 10.0 Å². The molecule has 2 N–H and O–H groups in total. The van der Waals surface area contributed by atoms with Crippen LogP contribution in [-0.2, 0) is 29.7 Å². The lowest BCUT2D eigenvalue weighted by atomic mass is 10.4. The van der Waals surface area contributed by atoms with Gasteiger partial charge in [0.1, 0.15) is 6.26 Å². The first-order valence-electron chi connectivity index (χ1n) is 6.25. The molecule has 0 aliphatic heterocycles. The highest BCUT2D eigenvalue weighted by Gasteiger charge is 2.18. The summed E-state index contributed by atoms with van der Waals surface area (Å²) in [5, 5.41) is 12.9. The van der Waals surface area contributed by atoms with Crippen LogP contribution in [0.4, 0.5) is 0 Å². The Balaban J connectivity index is 2.16. The zero-order valence-electron chi connectivity index (χ0n) is 11.1. The summed E-state index contributed by atoms with van der Waals surface area (Å²) < 4.78 is 33.1. The molecular weight excluding hydrogens is 282 g/mol. The van der Waals surface area contributed by atoms with Gasteiger partial charge in [-0.25, -0.2) is 13.1 Å². The predicted octanol–water partition coefficient (Wildman–Crippen LogP) is 0.857. The van der Waals surface area contributed by atoms with Crippen molar-refractivity contribution >= 4 is 10.0 Å². The number of nitrogens with one attached hydrogen (secondary N) is 1. The lowest BCUT2D eigenvalue weighted by Gasteiger charge is -2.04. The van der Waals surface area contributed by atoms with Gasteiger partial charge >= 0.3 is 0 Å². The highest BCUT2D eigenvalue weighted by atomic mass is 32.2. The number of aliphatic hydroxyl groups excluding tert-OH is 1. The van der Waals surface area contributed by atoms with Crippen LogP contribution in [0.2, 0.25) is 0 Å². The van der Waals surface area contributed by atoms with Crippen molar-refractivity contribution in [2.45, 2.75) is 37.9 Å². The maximum atomic E-state index is 12.1. The normalized spacial score (nSPS) is 11.9. The molecule has 8 heteroatoms. The fourth-order valence-electron chi connectivity index (χ4n) is 1.83. The Morgan fingerprint density at radius 1 is 1.50 bits per heavy atom. The second-order valence-corrected chi connectivity index (χ2v) is 6.10. The molecule has 0 aromatic carbocycles. The third kappa shape index (κ3) is 3.27. The van der Waals surface area contributed by atoms with Gasteiger partial charge in [-0.2, -0.15) is 0 Å². The summed E-state index contributed by atoms with van der Waals surface area (Å²) in [5.74, 6) is 0. The van der Waals surface area contributed by atoms with Crippen LogP contribution in [0.5, 0.6) is 0 Å². The largest absolute Gasteiger partial charge is 0.390 e. The van der Waals surface area contributed by atoms with E-state index in [4.69, 9.17) is 0 Å². The minimum atomic E-state index is -3.63. The summed E-state index contributed by atoms with van der Waals surface area (Å²) in [7, 11) is -3.63. The topological polar surface area (TPSA) is 97.4 Å². The van der Waals surface area contributed by atoms with Gasteiger partial charge in [0.15, 0.2) is 0 Å². The molecule has 0 radical (unpaired) electrons. The lowest BCUT2D eigenvalue weighted by Crippen LogP contribution is -2.23. The molecule has 20 heavy (non-hydrogen) atoms. The number of aromatic nitrogens is 2. The molecule has 0 spiro atoms. The van der Waals surface area contributed by atoms with E-state index in [9.17, 15) is 13.5 Å². The van der Waals surface area contributed by atoms with Crippen molar-refractivity contribution in [2.24, 2.45) is 0 Å². The van der Waals surface area contributed by atoms with Crippen molar-refractivity contribution in [3.63, 3.8) is 0 Å². The van der Waals surface area contributed by atoms with E-state index in [0.29, 0.717) is 17.9 Å². The molecule has 0 amide bonds. The van der Waals surface area contributed by atoms with Crippen molar-refractivity contribution in [3.05, 3.63) is 36.0 Å². The molecule has 2 heterocycles. The molecule has 110 valence electrons. The molecule has 0 saturated carbocycles. The average molecular weight is 299 g/mol. The molecule has 2 rings (SSSR count). The van der Waals surface area contributed by atoms with Gasteiger partial charge < -0.3 is 14.2 Å². The van der Waals surface area contributed by atoms with Crippen LogP contribution in [0.15, 0.2) is 34.0 Å². The van der Waals surface area contributed by atoms with E-state index in [2.05, 4.69) is 14.4 Å². The number of nitrogens with zero attached hydrogens (tertiary/aromatic N) is 2. The van der Waals surface area contributed by atoms with E-state index in [1.54, 1.807) is 10.6 Å². The third-order valence-electron chi connectivity index (χ3n) is 2.83. The third-order valence-corrected chi connectivity index (χ3v) is 4.20. The van der Waals surface area contributed by atoms with Crippen molar-refractivity contribution in [3.8, 4) is 0 Å². The Hall–Kier alpha value is -1.64. The van der Waals surface area contributed by atoms with Gasteiger partial charge in [0, 0.05) is 24.5 Å². The quantitative estimate of drug-likeness (QED) is 0.790. The first kappa shape index (κ1) is 14.8. The predicted molar refractivity (Wildman–Crippen MR) is 71.2 cm³/mol. The molecule has 0 aliphatic carbocycles. The van der Waals surface area contributed by atoms with E-state index in [1.165, 1.54) is 18.5 Å². The first-order chi connectivity index (χ1) is 9.56. The molecule has 2 aromatic heterocycles. The van der Waals surface area contributed by atoms with E-state index in [-0.39, 0.29) is 18.0 Å². The first-order valence-corrected chi connectivity index (χ1v) is 7.74. The molecule has 7 nitrogen and oxygen atoms in total. The van der Waals surface area contributed by atoms with Gasteiger partial charge in [-0.3, -0.25) is 0 Å². The van der Waals surface area contributed by atoms with Crippen LogP contribution in [0, 0.1) is 0 Å². The van der Waals surface area contributed by atoms with Crippen LogP contribution in [-0.4, -0.2) is 23.2 Å². The van der Waals surface area contributed by atoms with Crippen molar-refractivity contribution in [1.29, 1.82) is 0 Å². The lowest BCUT2D eigenvalue weighted by molar-refractivity contribution is 0.270. The Morgan fingerprint density at radius 3 is 2.90 bits per heavy atom. The summed E-state index contributed by atoms with van der Waals surface area (Å²) in [6.45, 7) is 2.51. The fourth-order valence-corrected chi connectivity index (χ4v) is 2.90. The SMILES string of the molecule is CCCn1cc(S(=O)(=O)NCc2ccon2)cc1CO. The standard InChI is InChI=1S/C12H17N3O4S/c1-2-4-15-8-12(6-11(15)9-16)20(17,18)13-7-10-3-5-19-14-10/h3,5-6,8,13,16H,2,4,7,9H2,1H3. The summed E-state index contributed by atoms with van der Waals surface area (Å²) in [6.07, 6.45) is 3.76. The summed E-state index contributed by atoms with van der Waals surface area (Å²) in [5.41, 5.74) is 1.08. The molecule has 0 atom stereocenters. The summed E-state index contributed by atoms with van der Waals surface area (Å²) in [6, 6.07) is 3.06. The Morgan fingerprint density at radius 2 is 2.30 bits per heavy atom. The Labute approximate surface area is 117 Å². The minimum Gasteiger partial charge on any atom is -0.390 e. The zero-order valence-corrected chi connectivity index (χ0v) is 11.9. The number of hydrogen-bond acceptors (Lipinski definition) is 5. The van der Waals surface area contributed by atoms with Crippen molar-refractivity contribution < 1.29 is 18.0 Å². The smallest absolute Gasteiger partial charge is 0.242 e. The van der Waals surface area contributed by atoms with Crippen molar-refractivity contribution in [2.75, 3.05) is 0 Å². The molecule has 0 unspecified atom stereocenters. The molecule has 2 aromatic rings. The minimum absolute atomic E-state index is 0.0618. The van der Waals surface area contributed by atoms with Crippen LogP contribution >= 0.6 is 0 Å². The van der Waals surface area contributed by atoms with Gasteiger partial charge in [0.2, 0.25) is 10.0 Å². The number of hydrogen-bond donors (Lipinski definition) is 2. The maximum Gasteiger partial charge on any atom is 0.242 e. The Kier molecular flexibility index (Phi) is 4.58. The van der Waals surface area contributed by atoms with E-state index in [1.807, 2.05) is 6.92 Å². The molecular formula is C12H17N3O4S. The highest BCUT2D eigenvalue weighted by molar-refractivity contribution is 7.89. The van der Waals surface area contributed by atoms with E-state index >= 15 is 0 Å². The van der Waals surface area contributed by atoms with Gasteiger partial charge in [-0.1, -0.05) is 12.1 Å². The molecule has 0 aliphatic rings. The van der Waals surface area contributed by atoms with Crippen LogP contribution in [0.25, 0.3) is 0 Å². The van der Waals surface area contributed by atoms with Gasteiger partial charge in [0.25, 0.3) is 0 Å². The summed E-state index contributed by atoms with van der Waals surface area (Å²) >= 11 is 0. The number of rotatable bonds is 7. The highest BCUT2D eigenvalue weighted by Crippen LogP contribution is 2.15. The summed E-state index contributed by atoms with van der Waals surface area (Å²) in [4.78, 5) is 0.137. The van der Waals surface area contributed by atoms with Crippen LogP contribution in [0.1, 0.15) is 24.7 Å². The fraction of sp³-hybridized carbons (Fsp3) is 0.417.